The molecule has 0 spiro atoms. The first kappa shape index (κ1) is 17.7. The van der Waals surface area contributed by atoms with Gasteiger partial charge < -0.3 is 4.90 Å². The van der Waals surface area contributed by atoms with Crippen molar-refractivity contribution < 1.29 is 14.4 Å². The molecule has 3 amide bonds. The zero-order valence-corrected chi connectivity index (χ0v) is 14.9. The fourth-order valence-corrected chi connectivity index (χ4v) is 3.04. The first-order valence-electron chi connectivity index (χ1n) is 8.22. The molecule has 0 fully saturated rings. The molecule has 5 nitrogen and oxygen atoms in total. The molecule has 0 N–H and O–H groups in total. The van der Waals surface area contributed by atoms with Gasteiger partial charge in [0.05, 0.1) is 5.69 Å². The Hall–Kier alpha value is -2.69. The fraction of sp³-hybridized carbons (Fsp3) is 0.316. The Morgan fingerprint density at radius 1 is 0.583 bits per heavy atom. The van der Waals surface area contributed by atoms with Gasteiger partial charge in [0.25, 0.3) is 17.7 Å². The maximum absolute atomic E-state index is 12.2. The summed E-state index contributed by atoms with van der Waals surface area (Å²) < 4.78 is 0. The van der Waals surface area contributed by atoms with Crippen LogP contribution >= 0.6 is 0 Å². The van der Waals surface area contributed by atoms with Gasteiger partial charge in [-0.25, -0.2) is 0 Å². The normalized spacial score (nSPS) is 14.3. The molecule has 0 saturated carbocycles. The number of rotatable bonds is 0. The van der Waals surface area contributed by atoms with Gasteiger partial charge in [-0.05, 0) is 24.3 Å². The van der Waals surface area contributed by atoms with E-state index in [9.17, 15) is 14.4 Å². The summed E-state index contributed by atoms with van der Waals surface area (Å²) in [5, 5.41) is 1.31. The summed E-state index contributed by atoms with van der Waals surface area (Å²) in [6.45, 7) is 8.00. The lowest BCUT2D eigenvalue weighted by atomic mass is 9.92. The third kappa shape index (κ3) is 2.12. The standard InChI is InChI=1S/C15H10N2O3.2C2H6/c1-16-10-6-5-8-11-7(14(19)17(2)15(8)20)3-4-9(12(10)11)13(16)18;2*1-2/h3-6H,1-2H3;2*1-2H3. The predicted molar refractivity (Wildman–Crippen MR) is 95.8 cm³/mol. The summed E-state index contributed by atoms with van der Waals surface area (Å²) in [6, 6.07) is 6.74. The number of benzene rings is 2. The van der Waals surface area contributed by atoms with Crippen LogP contribution < -0.4 is 4.90 Å². The molecule has 2 aromatic carbocycles. The lowest BCUT2D eigenvalue weighted by Gasteiger charge is -2.24. The number of hydrogen-bond donors (Lipinski definition) is 0. The SMILES string of the molecule is CC.CC.CN1C(=O)c2ccc3c4c(ccc(c24)C1=O)N(C)C3=O. The van der Waals surface area contributed by atoms with E-state index in [4.69, 9.17) is 0 Å². The zero-order chi connectivity index (χ0) is 18.2. The van der Waals surface area contributed by atoms with E-state index >= 15 is 0 Å². The van der Waals surface area contributed by atoms with Crippen molar-refractivity contribution in [2.24, 2.45) is 0 Å². The number of anilines is 1. The second-order valence-corrected chi connectivity index (χ2v) is 5.08. The molecule has 0 unspecified atom stereocenters. The summed E-state index contributed by atoms with van der Waals surface area (Å²) in [7, 11) is 3.16. The van der Waals surface area contributed by atoms with Crippen molar-refractivity contribution in [2.75, 3.05) is 19.0 Å². The monoisotopic (exact) mass is 326 g/mol. The first-order valence-corrected chi connectivity index (χ1v) is 8.22. The van der Waals surface area contributed by atoms with Crippen molar-refractivity contribution in [3.05, 3.63) is 41.0 Å². The van der Waals surface area contributed by atoms with E-state index in [-0.39, 0.29) is 17.7 Å². The number of carbonyl (C=O) groups excluding carboxylic acids is 3. The highest BCUT2D eigenvalue weighted by Crippen LogP contribution is 2.41. The largest absolute Gasteiger partial charge is 0.311 e. The number of carbonyl (C=O) groups is 3. The second-order valence-electron chi connectivity index (χ2n) is 5.08. The molecule has 4 rings (SSSR count). The molecule has 0 atom stereocenters. The van der Waals surface area contributed by atoms with Crippen molar-refractivity contribution in [3.63, 3.8) is 0 Å². The van der Waals surface area contributed by atoms with Crippen LogP contribution in [0, 0.1) is 0 Å². The van der Waals surface area contributed by atoms with E-state index in [0.29, 0.717) is 27.5 Å². The van der Waals surface area contributed by atoms with Crippen LogP contribution in [0.4, 0.5) is 5.69 Å². The number of amides is 3. The van der Waals surface area contributed by atoms with Gasteiger partial charge in [-0.1, -0.05) is 27.7 Å². The van der Waals surface area contributed by atoms with Crippen molar-refractivity contribution in [1.82, 2.24) is 4.90 Å². The zero-order valence-electron chi connectivity index (χ0n) is 14.9. The van der Waals surface area contributed by atoms with Crippen LogP contribution in [0.5, 0.6) is 0 Å². The average molecular weight is 326 g/mol. The van der Waals surface area contributed by atoms with Crippen LogP contribution in [-0.4, -0.2) is 36.7 Å². The fourth-order valence-electron chi connectivity index (χ4n) is 3.04. The summed E-state index contributed by atoms with van der Waals surface area (Å²) >= 11 is 0. The molecule has 126 valence electrons. The van der Waals surface area contributed by atoms with Crippen molar-refractivity contribution in [3.8, 4) is 0 Å². The van der Waals surface area contributed by atoms with Gasteiger partial charge in [-0.15, -0.1) is 0 Å². The summed E-state index contributed by atoms with van der Waals surface area (Å²) in [6.07, 6.45) is 0. The van der Waals surface area contributed by atoms with E-state index < -0.39 is 0 Å². The van der Waals surface area contributed by atoms with E-state index in [1.165, 1.54) is 7.05 Å². The third-order valence-electron chi connectivity index (χ3n) is 4.11. The van der Waals surface area contributed by atoms with Crippen LogP contribution in [0.25, 0.3) is 10.8 Å². The molecule has 2 aromatic rings. The molecule has 0 aliphatic carbocycles. The lowest BCUT2D eigenvalue weighted by molar-refractivity contribution is 0.0650. The maximum atomic E-state index is 12.2. The topological polar surface area (TPSA) is 57.7 Å². The molecular weight excluding hydrogens is 304 g/mol. The Morgan fingerprint density at radius 3 is 1.46 bits per heavy atom. The Kier molecular flexibility index (Phi) is 4.73. The molecule has 0 saturated heterocycles. The molecule has 2 aliphatic rings. The molecule has 5 heteroatoms. The molecule has 24 heavy (non-hydrogen) atoms. The Bertz CT molecular complexity index is 833. The molecule has 0 aromatic heterocycles. The molecule has 0 bridgehead atoms. The number of nitrogens with zero attached hydrogens (tertiary/aromatic N) is 2. The highest BCUT2D eigenvalue weighted by molar-refractivity contribution is 6.33. The van der Waals surface area contributed by atoms with Crippen LogP contribution in [0.15, 0.2) is 24.3 Å². The Morgan fingerprint density at radius 2 is 0.958 bits per heavy atom. The van der Waals surface area contributed by atoms with Crippen LogP contribution in [0.2, 0.25) is 0 Å². The van der Waals surface area contributed by atoms with Crippen molar-refractivity contribution in [2.45, 2.75) is 27.7 Å². The van der Waals surface area contributed by atoms with Gasteiger partial charge in [0.1, 0.15) is 0 Å². The molecule has 2 heterocycles. The van der Waals surface area contributed by atoms with E-state index in [1.807, 2.05) is 27.7 Å². The highest BCUT2D eigenvalue weighted by atomic mass is 16.2. The number of hydrogen-bond acceptors (Lipinski definition) is 3. The average Bonchev–Trinajstić information content (AvgIpc) is 2.89. The minimum Gasteiger partial charge on any atom is -0.311 e. The van der Waals surface area contributed by atoms with Crippen LogP contribution in [-0.2, 0) is 0 Å². The summed E-state index contributed by atoms with van der Waals surface area (Å²) in [4.78, 5) is 39.3. The lowest BCUT2D eigenvalue weighted by Crippen LogP contribution is -2.36. The first-order chi connectivity index (χ1) is 11.5. The molecular formula is C19H22N2O3. The van der Waals surface area contributed by atoms with Gasteiger partial charge in [-0.3, -0.25) is 19.3 Å². The number of imide groups is 1. The van der Waals surface area contributed by atoms with Gasteiger partial charge in [0.2, 0.25) is 0 Å². The summed E-state index contributed by atoms with van der Waals surface area (Å²) in [5.74, 6) is -0.760. The second kappa shape index (κ2) is 6.43. The molecule has 0 radical (unpaired) electrons. The Labute approximate surface area is 141 Å². The quantitative estimate of drug-likeness (QED) is 0.694. The van der Waals surface area contributed by atoms with Crippen molar-refractivity contribution >= 4 is 34.2 Å². The van der Waals surface area contributed by atoms with Crippen molar-refractivity contribution in [1.29, 1.82) is 0 Å². The smallest absolute Gasteiger partial charge is 0.261 e. The van der Waals surface area contributed by atoms with Gasteiger partial charge >= 0.3 is 0 Å². The minimum atomic E-state index is -0.326. The minimum absolute atomic E-state index is 0.109. The van der Waals surface area contributed by atoms with Gasteiger partial charge in [0, 0.05) is 41.6 Å². The van der Waals surface area contributed by atoms with Gasteiger partial charge in [-0.2, -0.15) is 0 Å². The Balaban J connectivity index is 0.000000487. The van der Waals surface area contributed by atoms with Crippen LogP contribution in [0.1, 0.15) is 58.8 Å². The molecule has 2 aliphatic heterocycles. The third-order valence-corrected chi connectivity index (χ3v) is 4.11. The van der Waals surface area contributed by atoms with E-state index in [0.717, 1.165) is 10.6 Å². The van der Waals surface area contributed by atoms with Gasteiger partial charge in [0.15, 0.2) is 0 Å². The highest BCUT2D eigenvalue weighted by Gasteiger charge is 2.36. The maximum Gasteiger partial charge on any atom is 0.261 e. The van der Waals surface area contributed by atoms with Crippen LogP contribution in [0.3, 0.4) is 0 Å². The predicted octanol–water partition coefficient (Wildman–Crippen LogP) is 3.71. The van der Waals surface area contributed by atoms with E-state index in [2.05, 4.69) is 0 Å². The van der Waals surface area contributed by atoms with E-state index in [1.54, 1.807) is 36.2 Å². The summed E-state index contributed by atoms with van der Waals surface area (Å²) in [5.41, 5.74) is 2.25.